The van der Waals surface area contributed by atoms with Crippen LogP contribution in [0.2, 0.25) is 0 Å². The highest BCUT2D eigenvalue weighted by Crippen LogP contribution is 2.45. The third-order valence-corrected chi connectivity index (χ3v) is 4.41. The van der Waals surface area contributed by atoms with E-state index in [9.17, 15) is 0 Å². The van der Waals surface area contributed by atoms with Gasteiger partial charge in [-0.1, -0.05) is 50.1 Å². The average molecular weight is 217 g/mol. The Labute approximate surface area is 99.0 Å². The molecule has 0 amide bonds. The van der Waals surface area contributed by atoms with Crippen molar-refractivity contribution in [3.8, 4) is 0 Å². The van der Waals surface area contributed by atoms with Crippen molar-refractivity contribution in [1.82, 2.24) is 0 Å². The predicted molar refractivity (Wildman–Crippen MR) is 69.4 cm³/mol. The summed E-state index contributed by atoms with van der Waals surface area (Å²) in [6, 6.07) is 8.80. The lowest BCUT2D eigenvalue weighted by atomic mass is 9.72. The van der Waals surface area contributed by atoms with Gasteiger partial charge < -0.3 is 5.73 Å². The summed E-state index contributed by atoms with van der Waals surface area (Å²) in [6.45, 7) is 6.75. The van der Waals surface area contributed by atoms with Gasteiger partial charge in [-0.3, -0.25) is 0 Å². The third-order valence-electron chi connectivity index (χ3n) is 4.41. The van der Waals surface area contributed by atoms with E-state index in [1.807, 2.05) is 0 Å². The van der Waals surface area contributed by atoms with Gasteiger partial charge in [-0.2, -0.15) is 0 Å². The van der Waals surface area contributed by atoms with Crippen LogP contribution < -0.4 is 5.73 Å². The van der Waals surface area contributed by atoms with E-state index in [0.717, 1.165) is 12.8 Å². The average Bonchev–Trinajstić information content (AvgIpc) is 2.45. The fraction of sp³-hybridized carbons (Fsp3) is 0.600. The molecular weight excluding hydrogens is 194 g/mol. The standard InChI is InChI=1S/C15H23N/c1-12-5-7-13(8-6-12)11-15(16)10-4-9-14(15,2)3/h5-8H,4,9-11,16H2,1-3H3. The minimum Gasteiger partial charge on any atom is -0.324 e. The zero-order valence-electron chi connectivity index (χ0n) is 10.7. The highest BCUT2D eigenvalue weighted by atomic mass is 14.8. The molecule has 1 fully saturated rings. The van der Waals surface area contributed by atoms with Gasteiger partial charge in [-0.25, -0.2) is 0 Å². The smallest absolute Gasteiger partial charge is 0.0246 e. The van der Waals surface area contributed by atoms with E-state index >= 15 is 0 Å². The van der Waals surface area contributed by atoms with Gasteiger partial charge in [0.15, 0.2) is 0 Å². The Balaban J connectivity index is 2.18. The van der Waals surface area contributed by atoms with Crippen molar-refractivity contribution >= 4 is 0 Å². The van der Waals surface area contributed by atoms with E-state index in [4.69, 9.17) is 5.73 Å². The SMILES string of the molecule is Cc1ccc(CC2(N)CCCC2(C)C)cc1. The van der Waals surface area contributed by atoms with Crippen LogP contribution in [0, 0.1) is 12.3 Å². The Kier molecular flexibility index (Phi) is 2.83. The molecule has 1 atom stereocenters. The maximum absolute atomic E-state index is 6.61. The van der Waals surface area contributed by atoms with Crippen LogP contribution in [0.5, 0.6) is 0 Å². The quantitative estimate of drug-likeness (QED) is 0.806. The molecule has 0 bridgehead atoms. The lowest BCUT2D eigenvalue weighted by Crippen LogP contribution is -2.50. The summed E-state index contributed by atoms with van der Waals surface area (Å²) in [5.41, 5.74) is 9.57. The Morgan fingerprint density at radius 3 is 2.25 bits per heavy atom. The molecular formula is C15H23N. The monoisotopic (exact) mass is 217 g/mol. The zero-order chi connectivity index (χ0) is 11.8. The topological polar surface area (TPSA) is 26.0 Å². The van der Waals surface area contributed by atoms with Crippen LogP contribution >= 0.6 is 0 Å². The van der Waals surface area contributed by atoms with Gasteiger partial charge in [0, 0.05) is 5.54 Å². The van der Waals surface area contributed by atoms with Gasteiger partial charge in [0.1, 0.15) is 0 Å². The van der Waals surface area contributed by atoms with Crippen molar-refractivity contribution in [2.75, 3.05) is 0 Å². The number of benzene rings is 1. The molecule has 1 aliphatic rings. The normalized spacial score (nSPS) is 28.2. The second-order valence-electron chi connectivity index (χ2n) is 6.06. The summed E-state index contributed by atoms with van der Waals surface area (Å²) < 4.78 is 0. The summed E-state index contributed by atoms with van der Waals surface area (Å²) in [4.78, 5) is 0. The second-order valence-corrected chi connectivity index (χ2v) is 6.06. The molecule has 0 aliphatic heterocycles. The molecule has 1 aliphatic carbocycles. The molecule has 1 aromatic carbocycles. The molecule has 16 heavy (non-hydrogen) atoms. The van der Waals surface area contributed by atoms with Crippen LogP contribution in [-0.4, -0.2) is 5.54 Å². The van der Waals surface area contributed by atoms with Crippen molar-refractivity contribution in [1.29, 1.82) is 0 Å². The summed E-state index contributed by atoms with van der Waals surface area (Å²) in [5.74, 6) is 0. The molecule has 1 nitrogen and oxygen atoms in total. The largest absolute Gasteiger partial charge is 0.324 e. The highest BCUT2D eigenvalue weighted by Gasteiger charge is 2.45. The fourth-order valence-electron chi connectivity index (χ4n) is 2.83. The first-order valence-electron chi connectivity index (χ1n) is 6.27. The van der Waals surface area contributed by atoms with Crippen LogP contribution in [0.1, 0.15) is 44.2 Å². The van der Waals surface area contributed by atoms with Gasteiger partial charge in [0.05, 0.1) is 0 Å². The minimum atomic E-state index is -0.0116. The van der Waals surface area contributed by atoms with Crippen molar-refractivity contribution in [3.05, 3.63) is 35.4 Å². The molecule has 1 heteroatoms. The van der Waals surface area contributed by atoms with Crippen LogP contribution in [0.15, 0.2) is 24.3 Å². The molecule has 1 saturated carbocycles. The number of rotatable bonds is 2. The molecule has 0 heterocycles. The highest BCUT2D eigenvalue weighted by molar-refractivity contribution is 5.24. The van der Waals surface area contributed by atoms with Crippen LogP contribution in [0.3, 0.4) is 0 Å². The Hall–Kier alpha value is -0.820. The van der Waals surface area contributed by atoms with Crippen molar-refractivity contribution in [2.24, 2.45) is 11.1 Å². The molecule has 1 unspecified atom stereocenters. The molecule has 0 spiro atoms. The first kappa shape index (κ1) is 11.7. The van der Waals surface area contributed by atoms with Gasteiger partial charge in [-0.15, -0.1) is 0 Å². The van der Waals surface area contributed by atoms with Gasteiger partial charge >= 0.3 is 0 Å². The van der Waals surface area contributed by atoms with Crippen molar-refractivity contribution < 1.29 is 0 Å². The van der Waals surface area contributed by atoms with Crippen molar-refractivity contribution in [2.45, 2.75) is 52.0 Å². The Morgan fingerprint density at radius 1 is 1.12 bits per heavy atom. The van der Waals surface area contributed by atoms with Crippen LogP contribution in [0.4, 0.5) is 0 Å². The fourth-order valence-corrected chi connectivity index (χ4v) is 2.83. The maximum atomic E-state index is 6.61. The van der Waals surface area contributed by atoms with Gasteiger partial charge in [-0.05, 0) is 37.2 Å². The number of nitrogens with two attached hydrogens (primary N) is 1. The molecule has 2 rings (SSSR count). The molecule has 0 radical (unpaired) electrons. The van der Waals surface area contributed by atoms with Gasteiger partial charge in [0.2, 0.25) is 0 Å². The van der Waals surface area contributed by atoms with Crippen LogP contribution in [0.25, 0.3) is 0 Å². The zero-order valence-corrected chi connectivity index (χ0v) is 10.7. The van der Waals surface area contributed by atoms with E-state index < -0.39 is 0 Å². The van der Waals surface area contributed by atoms with E-state index in [-0.39, 0.29) is 11.0 Å². The third kappa shape index (κ3) is 2.01. The molecule has 0 saturated heterocycles. The van der Waals surface area contributed by atoms with Crippen LogP contribution in [-0.2, 0) is 6.42 Å². The Morgan fingerprint density at radius 2 is 1.75 bits per heavy atom. The second kappa shape index (κ2) is 3.89. The van der Waals surface area contributed by atoms with E-state index in [1.165, 1.54) is 24.0 Å². The molecule has 88 valence electrons. The summed E-state index contributed by atoms with van der Waals surface area (Å²) in [5, 5.41) is 0. The lowest BCUT2D eigenvalue weighted by Gasteiger charge is -2.38. The molecule has 1 aromatic rings. The molecule has 2 N–H and O–H groups in total. The van der Waals surface area contributed by atoms with E-state index in [1.54, 1.807) is 0 Å². The maximum Gasteiger partial charge on any atom is 0.0246 e. The summed E-state index contributed by atoms with van der Waals surface area (Å²) >= 11 is 0. The number of hydrogen-bond donors (Lipinski definition) is 1. The number of aryl methyl sites for hydroxylation is 1. The van der Waals surface area contributed by atoms with Crippen molar-refractivity contribution in [3.63, 3.8) is 0 Å². The minimum absolute atomic E-state index is 0.0116. The molecule has 0 aromatic heterocycles. The van der Waals surface area contributed by atoms with Gasteiger partial charge in [0.25, 0.3) is 0 Å². The Bertz CT molecular complexity index is 364. The van der Waals surface area contributed by atoms with E-state index in [2.05, 4.69) is 45.0 Å². The lowest BCUT2D eigenvalue weighted by molar-refractivity contribution is 0.207. The predicted octanol–water partition coefficient (Wildman–Crippen LogP) is 3.45. The summed E-state index contributed by atoms with van der Waals surface area (Å²) in [6.07, 6.45) is 4.71. The number of hydrogen-bond acceptors (Lipinski definition) is 1. The summed E-state index contributed by atoms with van der Waals surface area (Å²) in [7, 11) is 0. The first-order valence-corrected chi connectivity index (χ1v) is 6.27. The first-order chi connectivity index (χ1) is 7.43. The van der Waals surface area contributed by atoms with E-state index in [0.29, 0.717) is 0 Å².